The first-order valence-electron chi connectivity index (χ1n) is 6.08. The van der Waals surface area contributed by atoms with Gasteiger partial charge in [-0.15, -0.1) is 0 Å². The molecule has 1 aromatic rings. The van der Waals surface area contributed by atoms with E-state index in [0.717, 1.165) is 12.3 Å². The van der Waals surface area contributed by atoms with Crippen molar-refractivity contribution in [2.75, 3.05) is 6.61 Å². The lowest BCUT2D eigenvalue weighted by molar-refractivity contribution is 0.250. The van der Waals surface area contributed by atoms with Crippen molar-refractivity contribution < 1.29 is 5.11 Å². The molecular formula is C13H20N2O. The topological polar surface area (TPSA) is 45.1 Å². The summed E-state index contributed by atoms with van der Waals surface area (Å²) in [6.07, 6.45) is 7.16. The van der Waals surface area contributed by atoms with Gasteiger partial charge in [0.25, 0.3) is 0 Å². The maximum Gasteiger partial charge on any atom is 0.0445 e. The van der Waals surface area contributed by atoms with Crippen LogP contribution in [-0.4, -0.2) is 22.7 Å². The van der Waals surface area contributed by atoms with Crippen LogP contribution in [0.5, 0.6) is 0 Å². The Morgan fingerprint density at radius 3 is 2.94 bits per heavy atom. The van der Waals surface area contributed by atoms with Crippen LogP contribution >= 0.6 is 0 Å². The molecule has 2 atom stereocenters. The number of hydrogen-bond acceptors (Lipinski definition) is 3. The van der Waals surface area contributed by atoms with Crippen LogP contribution in [0.15, 0.2) is 24.5 Å². The second-order valence-electron chi connectivity index (χ2n) is 4.63. The van der Waals surface area contributed by atoms with E-state index in [9.17, 15) is 0 Å². The molecule has 1 heterocycles. The largest absolute Gasteiger partial charge is 0.396 e. The number of rotatable bonds is 6. The molecule has 0 saturated heterocycles. The van der Waals surface area contributed by atoms with Crippen molar-refractivity contribution in [3.63, 3.8) is 0 Å². The summed E-state index contributed by atoms with van der Waals surface area (Å²) in [5.41, 5.74) is 1.21. The van der Waals surface area contributed by atoms with Gasteiger partial charge in [0, 0.05) is 31.1 Å². The highest BCUT2D eigenvalue weighted by Crippen LogP contribution is 2.35. The molecule has 3 nitrogen and oxygen atoms in total. The highest BCUT2D eigenvalue weighted by molar-refractivity contribution is 5.13. The van der Waals surface area contributed by atoms with Crippen molar-refractivity contribution in [1.29, 1.82) is 0 Å². The van der Waals surface area contributed by atoms with E-state index < -0.39 is 0 Å². The fraction of sp³-hybridized carbons (Fsp3) is 0.615. The van der Waals surface area contributed by atoms with Crippen molar-refractivity contribution in [1.82, 2.24) is 10.3 Å². The minimum Gasteiger partial charge on any atom is -0.396 e. The highest BCUT2D eigenvalue weighted by atomic mass is 16.3. The van der Waals surface area contributed by atoms with Crippen LogP contribution in [0, 0.1) is 5.92 Å². The van der Waals surface area contributed by atoms with Crippen molar-refractivity contribution in [3.8, 4) is 0 Å². The van der Waals surface area contributed by atoms with Gasteiger partial charge in [0.05, 0.1) is 0 Å². The maximum atomic E-state index is 9.04. The number of nitrogens with one attached hydrogen (secondary N) is 1. The molecule has 0 spiro atoms. The Labute approximate surface area is 96.9 Å². The van der Waals surface area contributed by atoms with E-state index in [-0.39, 0.29) is 6.61 Å². The summed E-state index contributed by atoms with van der Waals surface area (Å²) in [6, 6.07) is 4.82. The molecule has 0 bridgehead atoms. The maximum absolute atomic E-state index is 9.04. The molecule has 0 amide bonds. The summed E-state index contributed by atoms with van der Waals surface area (Å²) < 4.78 is 0. The second-order valence-corrected chi connectivity index (χ2v) is 4.63. The van der Waals surface area contributed by atoms with Gasteiger partial charge in [-0.25, -0.2) is 0 Å². The molecule has 0 aliphatic heterocycles. The number of pyridine rings is 1. The van der Waals surface area contributed by atoms with Gasteiger partial charge in [-0.3, -0.25) is 4.98 Å². The lowest BCUT2D eigenvalue weighted by Gasteiger charge is -2.22. The van der Waals surface area contributed by atoms with Gasteiger partial charge in [-0.2, -0.15) is 0 Å². The minimum absolute atomic E-state index is 0.272. The van der Waals surface area contributed by atoms with Gasteiger partial charge in [-0.1, -0.05) is 6.07 Å². The number of nitrogens with zero attached hydrogens (tertiary/aromatic N) is 1. The molecule has 1 aliphatic rings. The third kappa shape index (κ3) is 3.03. The molecule has 1 fully saturated rings. The van der Waals surface area contributed by atoms with Crippen LogP contribution in [0.25, 0.3) is 0 Å². The Morgan fingerprint density at radius 2 is 2.38 bits per heavy atom. The molecule has 3 heteroatoms. The Hall–Kier alpha value is -0.930. The Kier molecular flexibility index (Phi) is 3.91. The summed E-state index contributed by atoms with van der Waals surface area (Å²) in [5, 5.41) is 12.6. The zero-order valence-electron chi connectivity index (χ0n) is 9.76. The average molecular weight is 220 g/mol. The van der Waals surface area contributed by atoms with Crippen molar-refractivity contribution in [2.45, 2.75) is 38.3 Å². The molecule has 2 unspecified atom stereocenters. The molecule has 2 N–H and O–H groups in total. The molecular weight excluding hydrogens is 200 g/mol. The van der Waals surface area contributed by atoms with Crippen LogP contribution in [-0.2, 0) is 0 Å². The number of aliphatic hydroxyl groups is 1. The predicted molar refractivity (Wildman–Crippen MR) is 64.0 cm³/mol. The first kappa shape index (κ1) is 11.6. The zero-order valence-corrected chi connectivity index (χ0v) is 9.76. The Balaban J connectivity index is 1.92. The van der Waals surface area contributed by atoms with Gasteiger partial charge in [-0.05, 0) is 43.7 Å². The van der Waals surface area contributed by atoms with Crippen LogP contribution in [0.3, 0.4) is 0 Å². The molecule has 88 valence electrons. The van der Waals surface area contributed by atoms with E-state index in [1.165, 1.54) is 18.4 Å². The van der Waals surface area contributed by atoms with E-state index in [1.54, 1.807) is 6.20 Å². The summed E-state index contributed by atoms with van der Waals surface area (Å²) >= 11 is 0. The normalized spacial score (nSPS) is 19.4. The standard InChI is InChI=1S/C13H20N2O/c1-10(12-3-2-7-14-9-12)15-13(6-8-16)11-4-5-11/h2-3,7,9-11,13,15-16H,4-6,8H2,1H3. The molecule has 0 radical (unpaired) electrons. The highest BCUT2D eigenvalue weighted by Gasteiger charge is 2.31. The minimum atomic E-state index is 0.272. The number of aromatic nitrogens is 1. The fourth-order valence-electron chi connectivity index (χ4n) is 2.14. The lowest BCUT2D eigenvalue weighted by atomic mass is 10.1. The fourth-order valence-corrected chi connectivity index (χ4v) is 2.14. The molecule has 0 aromatic carbocycles. The van der Waals surface area contributed by atoms with Gasteiger partial charge in [0.15, 0.2) is 0 Å². The zero-order chi connectivity index (χ0) is 11.4. The van der Waals surface area contributed by atoms with Crippen molar-refractivity contribution in [2.24, 2.45) is 5.92 Å². The van der Waals surface area contributed by atoms with Crippen molar-refractivity contribution >= 4 is 0 Å². The van der Waals surface area contributed by atoms with Gasteiger partial charge < -0.3 is 10.4 Å². The Morgan fingerprint density at radius 1 is 1.56 bits per heavy atom. The van der Waals surface area contributed by atoms with E-state index in [2.05, 4.69) is 23.3 Å². The van der Waals surface area contributed by atoms with Crippen LogP contribution in [0.1, 0.15) is 37.8 Å². The summed E-state index contributed by atoms with van der Waals surface area (Å²) in [5.74, 6) is 0.770. The monoisotopic (exact) mass is 220 g/mol. The third-order valence-electron chi connectivity index (χ3n) is 3.28. The molecule has 16 heavy (non-hydrogen) atoms. The van der Waals surface area contributed by atoms with Crippen molar-refractivity contribution in [3.05, 3.63) is 30.1 Å². The average Bonchev–Trinajstić information content (AvgIpc) is 3.13. The molecule has 1 aliphatic carbocycles. The number of hydrogen-bond donors (Lipinski definition) is 2. The number of aliphatic hydroxyl groups excluding tert-OH is 1. The summed E-state index contributed by atoms with van der Waals surface area (Å²) in [4.78, 5) is 4.13. The molecule has 1 saturated carbocycles. The molecule has 1 aromatic heterocycles. The smallest absolute Gasteiger partial charge is 0.0445 e. The summed E-state index contributed by atoms with van der Waals surface area (Å²) in [6.45, 7) is 2.43. The first-order chi connectivity index (χ1) is 7.81. The summed E-state index contributed by atoms with van der Waals surface area (Å²) in [7, 11) is 0. The van der Waals surface area contributed by atoms with E-state index >= 15 is 0 Å². The van der Waals surface area contributed by atoms with Gasteiger partial charge in [0.1, 0.15) is 0 Å². The van der Waals surface area contributed by atoms with Gasteiger partial charge >= 0.3 is 0 Å². The van der Waals surface area contributed by atoms with Crippen LogP contribution in [0.2, 0.25) is 0 Å². The third-order valence-corrected chi connectivity index (χ3v) is 3.28. The van der Waals surface area contributed by atoms with E-state index in [4.69, 9.17) is 5.11 Å². The Bertz CT molecular complexity index is 311. The SMILES string of the molecule is CC(NC(CCO)C1CC1)c1cccnc1. The van der Waals surface area contributed by atoms with Gasteiger partial charge in [0.2, 0.25) is 0 Å². The second kappa shape index (κ2) is 5.41. The van der Waals surface area contributed by atoms with Crippen LogP contribution in [0.4, 0.5) is 0 Å². The lowest BCUT2D eigenvalue weighted by Crippen LogP contribution is -2.34. The molecule has 2 rings (SSSR count). The predicted octanol–water partition coefficient (Wildman–Crippen LogP) is 1.89. The van der Waals surface area contributed by atoms with E-state index in [0.29, 0.717) is 12.1 Å². The first-order valence-corrected chi connectivity index (χ1v) is 6.08. The van der Waals surface area contributed by atoms with E-state index in [1.807, 2.05) is 12.3 Å². The quantitative estimate of drug-likeness (QED) is 0.769. The van der Waals surface area contributed by atoms with Crippen LogP contribution < -0.4 is 5.32 Å².